The molecule has 0 bridgehead atoms. The Morgan fingerprint density at radius 3 is 2.28 bits per heavy atom. The molecule has 2 aromatic rings. The Morgan fingerprint density at radius 2 is 1.72 bits per heavy atom. The van der Waals surface area contributed by atoms with Crippen LogP contribution in [0.4, 0.5) is 0 Å². The van der Waals surface area contributed by atoms with Gasteiger partial charge in [0.1, 0.15) is 0 Å². The molecule has 0 unspecified atom stereocenters. The molecule has 0 saturated heterocycles. The van der Waals surface area contributed by atoms with Crippen molar-refractivity contribution in [2.75, 3.05) is 6.26 Å². The van der Waals surface area contributed by atoms with Gasteiger partial charge in [-0.15, -0.1) is 0 Å². The second-order valence-electron chi connectivity index (χ2n) is 3.53. The number of hydrogen-bond donors (Lipinski definition) is 1. The maximum atomic E-state index is 11.3. The first kappa shape index (κ1) is 15.2. The Balaban J connectivity index is 0.00000162. The minimum Gasteiger partial charge on any atom is -0.493 e. The number of benzene rings is 1. The van der Waals surface area contributed by atoms with Gasteiger partial charge in [-0.1, -0.05) is 30.3 Å². The predicted octanol–water partition coefficient (Wildman–Crippen LogP) is 1.25. The van der Waals surface area contributed by atoms with Crippen LogP contribution in [0.2, 0.25) is 0 Å². The normalized spacial score (nSPS) is 10.7. The van der Waals surface area contributed by atoms with Crippen LogP contribution in [0.3, 0.4) is 0 Å². The molecule has 1 heterocycles. The van der Waals surface area contributed by atoms with Crippen molar-refractivity contribution in [3.05, 3.63) is 36.4 Å². The van der Waals surface area contributed by atoms with E-state index >= 15 is 0 Å². The Morgan fingerprint density at radius 1 is 1.11 bits per heavy atom. The van der Waals surface area contributed by atoms with Gasteiger partial charge in [0, 0.05) is 50.6 Å². The van der Waals surface area contributed by atoms with E-state index in [9.17, 15) is 13.5 Å². The summed E-state index contributed by atoms with van der Waals surface area (Å²) in [4.78, 5) is 7.40. The monoisotopic (exact) mass is 339 g/mol. The van der Waals surface area contributed by atoms with Crippen LogP contribution in [0.25, 0.3) is 11.3 Å². The molecule has 18 heavy (non-hydrogen) atoms. The molecule has 0 spiro atoms. The molecule has 0 aliphatic rings. The molecule has 91 valence electrons. The minimum absolute atomic E-state index is 0. The largest absolute Gasteiger partial charge is 0.493 e. The Labute approximate surface area is 130 Å². The first-order valence-corrected chi connectivity index (χ1v) is 6.69. The molecule has 5 nitrogen and oxygen atoms in total. The van der Waals surface area contributed by atoms with Gasteiger partial charge in [0.15, 0.2) is 0 Å². The zero-order valence-electron chi connectivity index (χ0n) is 9.61. The smallest absolute Gasteiger partial charge is 0.250 e. The molecule has 0 atom stereocenters. The van der Waals surface area contributed by atoms with Crippen molar-refractivity contribution in [2.45, 2.75) is 5.16 Å². The number of rotatable bonds is 2. The summed E-state index contributed by atoms with van der Waals surface area (Å²) in [7, 11) is -3.54. The topological polar surface area (TPSA) is 80.2 Å². The van der Waals surface area contributed by atoms with E-state index in [1.54, 1.807) is 24.3 Å². The summed E-state index contributed by atoms with van der Waals surface area (Å²) in [5.74, 6) is -0.362. The third-order valence-corrected chi connectivity index (χ3v) is 2.94. The molecule has 1 radical (unpaired) electrons. The fraction of sp³-hybridized carbons (Fsp3) is 0.0909. The SMILES string of the molecule is CS(=O)(=O)c1nc(O)cc(-c2ccccc2)n1.[Y]. The van der Waals surface area contributed by atoms with E-state index in [0.717, 1.165) is 11.8 Å². The van der Waals surface area contributed by atoms with Crippen molar-refractivity contribution in [3.8, 4) is 17.1 Å². The first-order valence-electron chi connectivity index (χ1n) is 4.80. The van der Waals surface area contributed by atoms with Crippen LogP contribution >= 0.6 is 0 Å². The van der Waals surface area contributed by atoms with Gasteiger partial charge in [-0.25, -0.2) is 13.4 Å². The van der Waals surface area contributed by atoms with Gasteiger partial charge in [0.2, 0.25) is 15.7 Å². The number of nitrogens with zero attached hydrogens (tertiary/aromatic N) is 2. The van der Waals surface area contributed by atoms with Crippen LogP contribution in [0.15, 0.2) is 41.6 Å². The second-order valence-corrected chi connectivity index (χ2v) is 5.44. The van der Waals surface area contributed by atoms with E-state index in [0.29, 0.717) is 5.69 Å². The average Bonchev–Trinajstić information content (AvgIpc) is 2.28. The van der Waals surface area contributed by atoms with Crippen molar-refractivity contribution in [1.82, 2.24) is 9.97 Å². The minimum atomic E-state index is -3.54. The fourth-order valence-corrected chi connectivity index (χ4v) is 1.86. The van der Waals surface area contributed by atoms with Gasteiger partial charge in [-0.05, 0) is 0 Å². The van der Waals surface area contributed by atoms with E-state index in [-0.39, 0.29) is 43.7 Å². The van der Waals surface area contributed by atoms with Crippen LogP contribution in [0.1, 0.15) is 0 Å². The van der Waals surface area contributed by atoms with Crippen LogP contribution in [0, 0.1) is 0 Å². The summed E-state index contributed by atoms with van der Waals surface area (Å²) < 4.78 is 22.7. The number of aromatic nitrogens is 2. The van der Waals surface area contributed by atoms with Gasteiger partial charge in [-0.2, -0.15) is 4.98 Å². The number of hydrogen-bond acceptors (Lipinski definition) is 5. The van der Waals surface area contributed by atoms with Gasteiger partial charge in [0.25, 0.3) is 5.16 Å². The van der Waals surface area contributed by atoms with Crippen molar-refractivity contribution >= 4 is 9.84 Å². The maximum Gasteiger partial charge on any atom is 0.250 e. The molecule has 0 amide bonds. The van der Waals surface area contributed by atoms with Crippen molar-refractivity contribution in [2.24, 2.45) is 0 Å². The summed E-state index contributed by atoms with van der Waals surface area (Å²) in [6.45, 7) is 0. The van der Waals surface area contributed by atoms with Crippen LogP contribution in [-0.4, -0.2) is 29.7 Å². The Kier molecular flexibility index (Phi) is 4.95. The summed E-state index contributed by atoms with van der Waals surface area (Å²) in [5.41, 5.74) is 1.09. The molecule has 0 aliphatic carbocycles. The van der Waals surface area contributed by atoms with E-state index in [4.69, 9.17) is 0 Å². The summed E-state index contributed by atoms with van der Waals surface area (Å²) in [5, 5.41) is 9.02. The van der Waals surface area contributed by atoms with Gasteiger partial charge in [-0.3, -0.25) is 0 Å². The number of aromatic hydroxyl groups is 1. The van der Waals surface area contributed by atoms with Crippen LogP contribution in [-0.2, 0) is 42.5 Å². The summed E-state index contributed by atoms with van der Waals surface area (Å²) >= 11 is 0. The van der Waals surface area contributed by atoms with Crippen molar-refractivity contribution < 1.29 is 46.2 Å². The van der Waals surface area contributed by atoms with Crippen LogP contribution in [0.5, 0.6) is 5.88 Å². The van der Waals surface area contributed by atoms with Gasteiger partial charge < -0.3 is 5.11 Å². The van der Waals surface area contributed by atoms with E-state index in [2.05, 4.69) is 9.97 Å². The number of sulfone groups is 1. The first-order chi connectivity index (χ1) is 7.97. The second kappa shape index (κ2) is 5.86. The van der Waals surface area contributed by atoms with Crippen LogP contribution < -0.4 is 0 Å². The third-order valence-electron chi connectivity index (χ3n) is 2.09. The molecule has 0 fully saturated rings. The standard InChI is InChI=1S/C11H10N2O3S.Y/c1-17(15,16)11-12-9(7-10(14)13-11)8-5-3-2-4-6-8;/h2-7H,1H3,(H,12,13,14);. The molecule has 1 N–H and O–H groups in total. The molecular weight excluding hydrogens is 329 g/mol. The van der Waals surface area contributed by atoms with Gasteiger partial charge in [0.05, 0.1) is 5.69 Å². The maximum absolute atomic E-state index is 11.3. The average molecular weight is 339 g/mol. The zero-order chi connectivity index (χ0) is 12.5. The summed E-state index contributed by atoms with van der Waals surface area (Å²) in [6, 6.07) is 10.3. The predicted molar refractivity (Wildman–Crippen MR) is 62.2 cm³/mol. The fourth-order valence-electron chi connectivity index (χ4n) is 1.34. The molecule has 7 heteroatoms. The third kappa shape index (κ3) is 3.57. The van der Waals surface area contributed by atoms with Gasteiger partial charge >= 0.3 is 0 Å². The quantitative estimate of drug-likeness (QED) is 0.833. The Hall–Kier alpha value is -0.846. The molecule has 2 rings (SSSR count). The van der Waals surface area contributed by atoms with E-state index in [1.165, 1.54) is 6.07 Å². The molecular formula is C11H10N2O3SY. The zero-order valence-corrected chi connectivity index (χ0v) is 13.3. The molecule has 1 aromatic carbocycles. The Bertz CT molecular complexity index is 645. The van der Waals surface area contributed by atoms with Crippen molar-refractivity contribution in [1.29, 1.82) is 0 Å². The van der Waals surface area contributed by atoms with E-state index < -0.39 is 9.84 Å². The molecule has 0 saturated carbocycles. The van der Waals surface area contributed by atoms with E-state index in [1.807, 2.05) is 6.07 Å². The molecule has 1 aromatic heterocycles. The molecule has 0 aliphatic heterocycles. The summed E-state index contributed by atoms with van der Waals surface area (Å²) in [6.07, 6.45) is 0.997. The van der Waals surface area contributed by atoms with Crippen molar-refractivity contribution in [3.63, 3.8) is 0 Å².